The van der Waals surface area contributed by atoms with Gasteiger partial charge in [0.25, 0.3) is 0 Å². The van der Waals surface area contributed by atoms with Crippen LogP contribution in [-0.2, 0) is 7.05 Å². The van der Waals surface area contributed by atoms with Gasteiger partial charge in [-0.3, -0.25) is 4.68 Å². The Bertz CT molecular complexity index is 869. The predicted molar refractivity (Wildman–Crippen MR) is 99.0 cm³/mol. The average Bonchev–Trinajstić information content (AvgIpc) is 2.84. The molecule has 6 heteroatoms. The molecule has 1 N–H and O–H groups in total. The first-order valence-corrected chi connectivity index (χ1v) is 8.21. The van der Waals surface area contributed by atoms with Crippen LogP contribution < -0.4 is 10.1 Å². The van der Waals surface area contributed by atoms with E-state index in [0.29, 0.717) is 0 Å². The van der Waals surface area contributed by atoms with Gasteiger partial charge in [-0.25, -0.2) is 4.98 Å². The quantitative estimate of drug-likeness (QED) is 0.706. The fraction of sp³-hybridized carbons (Fsp3) is 0.444. The number of nitrogens with zero attached hydrogens (tertiary/aromatic N) is 4. The molecule has 0 fully saturated rings. The second kappa shape index (κ2) is 6.65. The van der Waals surface area contributed by atoms with Gasteiger partial charge in [0, 0.05) is 25.0 Å². The van der Waals surface area contributed by atoms with Gasteiger partial charge < -0.3 is 15.0 Å². The third-order valence-corrected chi connectivity index (χ3v) is 4.23. The number of hydrogen-bond donors (Lipinski definition) is 1. The summed E-state index contributed by atoms with van der Waals surface area (Å²) < 4.78 is 7.19. The molecule has 0 bridgehead atoms. The number of aryl methyl sites for hydroxylation is 2. The van der Waals surface area contributed by atoms with Gasteiger partial charge in [0.1, 0.15) is 5.75 Å². The van der Waals surface area contributed by atoms with E-state index in [1.165, 1.54) is 0 Å². The summed E-state index contributed by atoms with van der Waals surface area (Å²) in [5.74, 6) is 0.812. The maximum Gasteiger partial charge on any atom is 0.160 e. The highest BCUT2D eigenvalue weighted by atomic mass is 16.5. The fourth-order valence-corrected chi connectivity index (χ4v) is 3.05. The van der Waals surface area contributed by atoms with Gasteiger partial charge in [0.15, 0.2) is 5.65 Å². The third-order valence-electron chi connectivity index (χ3n) is 4.23. The van der Waals surface area contributed by atoms with Gasteiger partial charge in [-0.15, -0.1) is 0 Å². The molecule has 0 aliphatic rings. The minimum atomic E-state index is 0.812. The molecule has 0 aliphatic carbocycles. The van der Waals surface area contributed by atoms with Crippen LogP contribution in [0.2, 0.25) is 0 Å². The first-order chi connectivity index (χ1) is 11.5. The highest BCUT2D eigenvalue weighted by Crippen LogP contribution is 2.34. The van der Waals surface area contributed by atoms with Crippen molar-refractivity contribution in [3.8, 4) is 5.75 Å². The molecule has 0 saturated carbocycles. The number of hydrogen-bond acceptors (Lipinski definition) is 5. The zero-order valence-corrected chi connectivity index (χ0v) is 15.1. The highest BCUT2D eigenvalue weighted by Gasteiger charge is 2.15. The van der Waals surface area contributed by atoms with Crippen LogP contribution in [0, 0.1) is 6.92 Å². The first-order valence-electron chi connectivity index (χ1n) is 8.21. The Balaban J connectivity index is 2.10. The first kappa shape index (κ1) is 16.5. The lowest BCUT2D eigenvalue weighted by atomic mass is 10.1. The Hall–Kier alpha value is -2.34. The van der Waals surface area contributed by atoms with Gasteiger partial charge >= 0.3 is 0 Å². The van der Waals surface area contributed by atoms with Gasteiger partial charge in [-0.1, -0.05) is 0 Å². The Morgan fingerprint density at radius 1 is 1.29 bits per heavy atom. The summed E-state index contributed by atoms with van der Waals surface area (Å²) in [6.07, 6.45) is 1.08. The van der Waals surface area contributed by atoms with Crippen molar-refractivity contribution in [1.29, 1.82) is 0 Å². The molecule has 2 aromatic heterocycles. The molecule has 6 nitrogen and oxygen atoms in total. The zero-order chi connectivity index (χ0) is 17.3. The summed E-state index contributed by atoms with van der Waals surface area (Å²) >= 11 is 0. The van der Waals surface area contributed by atoms with Crippen LogP contribution in [-0.4, -0.2) is 54.0 Å². The number of anilines is 1. The SMILES string of the molecule is COc1ccc2c(NCCCN(C)C)c3c(C)nn(C)c3nc2c1. The van der Waals surface area contributed by atoms with Crippen LogP contribution >= 0.6 is 0 Å². The van der Waals surface area contributed by atoms with Crippen LogP contribution in [0.1, 0.15) is 12.1 Å². The van der Waals surface area contributed by atoms with Crippen LogP contribution in [0.5, 0.6) is 5.75 Å². The number of ether oxygens (including phenoxy) is 1. The molecule has 0 atom stereocenters. The van der Waals surface area contributed by atoms with Crippen molar-refractivity contribution < 1.29 is 4.74 Å². The summed E-state index contributed by atoms with van der Waals surface area (Å²) in [6.45, 7) is 4.00. The minimum Gasteiger partial charge on any atom is -0.497 e. The highest BCUT2D eigenvalue weighted by molar-refractivity contribution is 6.07. The number of pyridine rings is 1. The number of aromatic nitrogens is 3. The Labute approximate surface area is 142 Å². The van der Waals surface area contributed by atoms with E-state index in [-0.39, 0.29) is 0 Å². The van der Waals surface area contributed by atoms with Gasteiger partial charge in [-0.2, -0.15) is 5.10 Å². The molecule has 24 heavy (non-hydrogen) atoms. The topological polar surface area (TPSA) is 55.2 Å². The Morgan fingerprint density at radius 3 is 2.79 bits per heavy atom. The maximum absolute atomic E-state index is 5.35. The van der Waals surface area contributed by atoms with Crippen LogP contribution in [0.4, 0.5) is 5.69 Å². The molecule has 1 aromatic carbocycles. The number of nitrogens with one attached hydrogen (secondary N) is 1. The lowest BCUT2D eigenvalue weighted by Gasteiger charge is -2.14. The van der Waals surface area contributed by atoms with Crippen LogP contribution in [0.15, 0.2) is 18.2 Å². The molecule has 0 saturated heterocycles. The molecule has 2 heterocycles. The number of rotatable bonds is 6. The fourth-order valence-electron chi connectivity index (χ4n) is 3.05. The normalized spacial score (nSPS) is 11.6. The van der Waals surface area contributed by atoms with E-state index < -0.39 is 0 Å². The molecule has 0 amide bonds. The van der Waals surface area contributed by atoms with Crippen molar-refractivity contribution in [3.05, 3.63) is 23.9 Å². The maximum atomic E-state index is 5.35. The standard InChI is InChI=1S/C18H25N5O/c1-12-16-17(19-9-6-10-22(2)3)14-8-7-13(24-5)11-15(14)20-18(16)23(4)21-12/h7-8,11H,6,9-10H2,1-5H3,(H,19,20). The van der Waals surface area contributed by atoms with Crippen molar-refractivity contribution in [2.45, 2.75) is 13.3 Å². The summed E-state index contributed by atoms with van der Waals surface area (Å²) in [4.78, 5) is 6.99. The predicted octanol–water partition coefficient (Wildman–Crippen LogP) is 2.80. The van der Waals surface area contributed by atoms with Crippen molar-refractivity contribution >= 4 is 27.6 Å². The van der Waals surface area contributed by atoms with E-state index in [1.54, 1.807) is 7.11 Å². The van der Waals surface area contributed by atoms with Crippen molar-refractivity contribution in [3.63, 3.8) is 0 Å². The number of fused-ring (bicyclic) bond motifs is 2. The van der Waals surface area contributed by atoms with E-state index in [4.69, 9.17) is 9.72 Å². The van der Waals surface area contributed by atoms with Gasteiger partial charge in [0.05, 0.1) is 29.4 Å². The van der Waals surface area contributed by atoms with Crippen LogP contribution in [0.25, 0.3) is 21.9 Å². The van der Waals surface area contributed by atoms with E-state index >= 15 is 0 Å². The van der Waals surface area contributed by atoms with Gasteiger partial charge in [-0.05, 0) is 46.1 Å². The largest absolute Gasteiger partial charge is 0.497 e. The average molecular weight is 327 g/mol. The van der Waals surface area contributed by atoms with E-state index in [1.807, 2.05) is 30.8 Å². The minimum absolute atomic E-state index is 0.812. The third kappa shape index (κ3) is 3.01. The van der Waals surface area contributed by atoms with E-state index in [0.717, 1.165) is 58.6 Å². The Morgan fingerprint density at radius 2 is 2.08 bits per heavy atom. The molecular weight excluding hydrogens is 302 g/mol. The second-order valence-corrected chi connectivity index (χ2v) is 6.36. The van der Waals surface area contributed by atoms with Gasteiger partial charge in [0.2, 0.25) is 0 Å². The molecule has 3 rings (SSSR count). The molecule has 0 radical (unpaired) electrons. The molecule has 3 aromatic rings. The number of benzene rings is 1. The number of methoxy groups -OCH3 is 1. The summed E-state index contributed by atoms with van der Waals surface area (Å²) in [5, 5.41) is 10.4. The van der Waals surface area contributed by atoms with Crippen molar-refractivity contribution in [2.24, 2.45) is 7.05 Å². The van der Waals surface area contributed by atoms with E-state index in [9.17, 15) is 0 Å². The van der Waals surface area contributed by atoms with Crippen LogP contribution in [0.3, 0.4) is 0 Å². The summed E-state index contributed by atoms with van der Waals surface area (Å²) in [5.41, 5.74) is 3.91. The molecule has 128 valence electrons. The molecule has 0 unspecified atom stereocenters. The van der Waals surface area contributed by atoms with Crippen molar-refractivity contribution in [2.75, 3.05) is 39.6 Å². The smallest absolute Gasteiger partial charge is 0.160 e. The Kier molecular flexibility index (Phi) is 4.57. The molecular formula is C18H25N5O. The monoisotopic (exact) mass is 327 g/mol. The lowest BCUT2D eigenvalue weighted by Crippen LogP contribution is -2.16. The summed E-state index contributed by atoms with van der Waals surface area (Å²) in [7, 11) is 7.80. The molecule has 0 spiro atoms. The van der Waals surface area contributed by atoms with Crippen molar-refractivity contribution in [1.82, 2.24) is 19.7 Å². The lowest BCUT2D eigenvalue weighted by molar-refractivity contribution is 0.405. The summed E-state index contributed by atoms with van der Waals surface area (Å²) in [6, 6.07) is 6.02. The molecule has 0 aliphatic heterocycles. The second-order valence-electron chi connectivity index (χ2n) is 6.36. The van der Waals surface area contributed by atoms with E-state index in [2.05, 4.69) is 35.5 Å². The zero-order valence-electron chi connectivity index (χ0n) is 15.1.